The molecule has 0 aliphatic carbocycles. The van der Waals surface area contributed by atoms with Gasteiger partial charge in [0.2, 0.25) is 0 Å². The smallest absolute Gasteiger partial charge is 0.271 e. The highest BCUT2D eigenvalue weighted by molar-refractivity contribution is 5.96. The number of nitrogens with one attached hydrogen (secondary N) is 1. The molecule has 0 saturated heterocycles. The van der Waals surface area contributed by atoms with E-state index in [0.717, 1.165) is 24.3 Å². The van der Waals surface area contributed by atoms with E-state index in [4.69, 9.17) is 0 Å². The number of carbonyl (C=O) groups excluding carboxylic acids is 1. The minimum absolute atomic E-state index is 0.133. The second-order valence-corrected chi connectivity index (χ2v) is 5.43. The fourth-order valence-corrected chi connectivity index (χ4v) is 2.48. The lowest BCUT2D eigenvalue weighted by atomic mass is 10.1. The Bertz CT molecular complexity index is 737. The largest absolute Gasteiger partial charge is 0.507 e. The molecule has 0 atom stereocenters. The molecule has 0 saturated carbocycles. The summed E-state index contributed by atoms with van der Waals surface area (Å²) in [5.41, 5.74) is 5.46. The molecule has 126 valence electrons. The first-order valence-corrected chi connectivity index (χ1v) is 8.03. The molecule has 0 aromatic heterocycles. The van der Waals surface area contributed by atoms with Gasteiger partial charge in [0.25, 0.3) is 5.91 Å². The third-order valence-corrected chi connectivity index (χ3v) is 3.90. The van der Waals surface area contributed by atoms with Gasteiger partial charge in [0.15, 0.2) is 0 Å². The van der Waals surface area contributed by atoms with E-state index in [-0.39, 0.29) is 11.7 Å². The summed E-state index contributed by atoms with van der Waals surface area (Å²) in [7, 11) is 0. The number of hydrogen-bond donors (Lipinski definition) is 2. The van der Waals surface area contributed by atoms with E-state index in [1.165, 1.54) is 6.21 Å². The molecule has 1 amide bonds. The summed E-state index contributed by atoms with van der Waals surface area (Å²) < 4.78 is 0. The van der Waals surface area contributed by atoms with E-state index in [0.29, 0.717) is 11.1 Å². The molecule has 2 aromatic carbocycles. The zero-order valence-electron chi connectivity index (χ0n) is 14.3. The van der Waals surface area contributed by atoms with Crippen LogP contribution in [0.15, 0.2) is 47.6 Å². The first kappa shape index (κ1) is 17.5. The van der Waals surface area contributed by atoms with Crippen LogP contribution in [0.4, 0.5) is 5.69 Å². The van der Waals surface area contributed by atoms with Crippen LogP contribution in [0.3, 0.4) is 0 Å². The number of anilines is 1. The third kappa shape index (κ3) is 4.13. The Morgan fingerprint density at radius 1 is 1.21 bits per heavy atom. The number of rotatable bonds is 6. The number of benzene rings is 2. The molecule has 0 aliphatic heterocycles. The Hall–Kier alpha value is -2.82. The van der Waals surface area contributed by atoms with Crippen molar-refractivity contribution in [3.8, 4) is 5.75 Å². The van der Waals surface area contributed by atoms with Gasteiger partial charge in [-0.3, -0.25) is 4.79 Å². The molecule has 0 radical (unpaired) electrons. The molecule has 0 bridgehead atoms. The van der Waals surface area contributed by atoms with E-state index < -0.39 is 0 Å². The van der Waals surface area contributed by atoms with Crippen LogP contribution in [0.25, 0.3) is 0 Å². The zero-order chi connectivity index (χ0) is 17.5. The lowest BCUT2D eigenvalue weighted by Crippen LogP contribution is -2.21. The number of nitrogens with zero attached hydrogens (tertiary/aromatic N) is 2. The predicted molar refractivity (Wildman–Crippen MR) is 97.9 cm³/mol. The van der Waals surface area contributed by atoms with Gasteiger partial charge in [-0.05, 0) is 44.5 Å². The second kappa shape index (κ2) is 8.15. The Morgan fingerprint density at radius 2 is 1.92 bits per heavy atom. The third-order valence-electron chi connectivity index (χ3n) is 3.90. The molecule has 24 heavy (non-hydrogen) atoms. The number of phenolic OH excluding ortho intramolecular Hbond substituents is 1. The molecule has 0 unspecified atom stereocenters. The summed E-state index contributed by atoms with van der Waals surface area (Å²) in [5.74, 6) is -0.142. The van der Waals surface area contributed by atoms with Crippen LogP contribution in [0, 0.1) is 6.92 Å². The number of phenols is 1. The van der Waals surface area contributed by atoms with Crippen molar-refractivity contribution in [1.29, 1.82) is 0 Å². The summed E-state index contributed by atoms with van der Waals surface area (Å²) in [5, 5.41) is 14.1. The summed E-state index contributed by atoms with van der Waals surface area (Å²) in [6, 6.07) is 12.7. The highest BCUT2D eigenvalue weighted by Gasteiger charge is 2.07. The molecule has 0 spiro atoms. The number of carbonyl (C=O) groups is 1. The maximum atomic E-state index is 12.1. The molecule has 2 N–H and O–H groups in total. The Morgan fingerprint density at radius 3 is 2.54 bits per heavy atom. The lowest BCUT2D eigenvalue weighted by Gasteiger charge is -2.21. The zero-order valence-corrected chi connectivity index (χ0v) is 14.3. The predicted octanol–water partition coefficient (Wildman–Crippen LogP) is 3.31. The van der Waals surface area contributed by atoms with Crippen LogP contribution in [0.1, 0.15) is 35.3 Å². The minimum Gasteiger partial charge on any atom is -0.507 e. The van der Waals surface area contributed by atoms with Gasteiger partial charge >= 0.3 is 0 Å². The van der Waals surface area contributed by atoms with Crippen LogP contribution >= 0.6 is 0 Å². The van der Waals surface area contributed by atoms with E-state index in [1.807, 2.05) is 31.2 Å². The SMILES string of the molecule is CCN(CC)c1ccc(/C=N\NC(=O)c2ccccc2C)c(O)c1. The maximum Gasteiger partial charge on any atom is 0.271 e. The van der Waals surface area contributed by atoms with Gasteiger partial charge in [0.1, 0.15) is 5.75 Å². The van der Waals surface area contributed by atoms with Gasteiger partial charge in [-0.1, -0.05) is 18.2 Å². The average molecular weight is 325 g/mol. The van der Waals surface area contributed by atoms with E-state index >= 15 is 0 Å². The minimum atomic E-state index is -0.274. The molecule has 2 rings (SSSR count). The van der Waals surface area contributed by atoms with Crippen LogP contribution in [0.2, 0.25) is 0 Å². The normalized spacial score (nSPS) is 10.8. The molecule has 0 aliphatic rings. The van der Waals surface area contributed by atoms with Gasteiger partial charge in [-0.15, -0.1) is 0 Å². The highest BCUT2D eigenvalue weighted by Crippen LogP contribution is 2.23. The van der Waals surface area contributed by atoms with Gasteiger partial charge in [0, 0.05) is 36.0 Å². The number of aryl methyl sites for hydroxylation is 1. The van der Waals surface area contributed by atoms with Crippen molar-refractivity contribution >= 4 is 17.8 Å². The van der Waals surface area contributed by atoms with E-state index in [9.17, 15) is 9.90 Å². The molecule has 5 heteroatoms. The summed E-state index contributed by atoms with van der Waals surface area (Å²) >= 11 is 0. The number of hydrazone groups is 1. The molecular formula is C19H23N3O2. The van der Waals surface area contributed by atoms with Crippen molar-refractivity contribution in [3.05, 3.63) is 59.2 Å². The van der Waals surface area contributed by atoms with Crippen LogP contribution in [0.5, 0.6) is 5.75 Å². The molecular weight excluding hydrogens is 302 g/mol. The monoisotopic (exact) mass is 325 g/mol. The quantitative estimate of drug-likeness (QED) is 0.632. The summed E-state index contributed by atoms with van der Waals surface area (Å²) in [4.78, 5) is 14.2. The van der Waals surface area contributed by atoms with E-state index in [2.05, 4.69) is 29.3 Å². The van der Waals surface area contributed by atoms with Crippen molar-refractivity contribution in [2.45, 2.75) is 20.8 Å². The van der Waals surface area contributed by atoms with Crippen molar-refractivity contribution in [2.24, 2.45) is 5.10 Å². The van der Waals surface area contributed by atoms with Gasteiger partial charge in [0.05, 0.1) is 6.21 Å². The van der Waals surface area contributed by atoms with Crippen LogP contribution in [-0.4, -0.2) is 30.3 Å². The van der Waals surface area contributed by atoms with Gasteiger partial charge in [-0.2, -0.15) is 5.10 Å². The second-order valence-electron chi connectivity index (χ2n) is 5.43. The molecule has 5 nitrogen and oxygen atoms in total. The topological polar surface area (TPSA) is 64.9 Å². The number of hydrogen-bond acceptors (Lipinski definition) is 4. The molecule has 0 fully saturated rings. The molecule has 2 aromatic rings. The van der Waals surface area contributed by atoms with Gasteiger partial charge < -0.3 is 10.0 Å². The Labute approximate surface area is 142 Å². The number of amides is 1. The molecule has 0 heterocycles. The fraction of sp³-hybridized carbons (Fsp3) is 0.263. The average Bonchev–Trinajstić information content (AvgIpc) is 2.58. The Balaban J connectivity index is 2.07. The van der Waals surface area contributed by atoms with Crippen molar-refractivity contribution in [3.63, 3.8) is 0 Å². The summed E-state index contributed by atoms with van der Waals surface area (Å²) in [6.07, 6.45) is 1.44. The highest BCUT2D eigenvalue weighted by atomic mass is 16.3. The first-order chi connectivity index (χ1) is 11.6. The van der Waals surface area contributed by atoms with Gasteiger partial charge in [-0.25, -0.2) is 5.43 Å². The van der Waals surface area contributed by atoms with Crippen molar-refractivity contribution in [2.75, 3.05) is 18.0 Å². The first-order valence-electron chi connectivity index (χ1n) is 8.03. The lowest BCUT2D eigenvalue weighted by molar-refractivity contribution is 0.0954. The maximum absolute atomic E-state index is 12.1. The fourth-order valence-electron chi connectivity index (χ4n) is 2.48. The standard InChI is InChI=1S/C19H23N3O2/c1-4-22(5-2)16-11-10-15(18(23)12-16)13-20-21-19(24)17-9-7-6-8-14(17)3/h6-13,23H,4-5H2,1-3H3,(H,21,24)/b20-13-. The van der Waals surface area contributed by atoms with Crippen LogP contribution in [-0.2, 0) is 0 Å². The Kier molecular flexibility index (Phi) is 5.95. The van der Waals surface area contributed by atoms with Crippen molar-refractivity contribution < 1.29 is 9.90 Å². The summed E-state index contributed by atoms with van der Waals surface area (Å²) in [6.45, 7) is 7.75. The van der Waals surface area contributed by atoms with Crippen molar-refractivity contribution in [1.82, 2.24) is 5.43 Å². The van der Waals surface area contributed by atoms with Crippen LogP contribution < -0.4 is 10.3 Å². The van der Waals surface area contributed by atoms with E-state index in [1.54, 1.807) is 18.2 Å². The number of aromatic hydroxyl groups is 1.